The normalized spacial score (nSPS) is 10.6. The summed E-state index contributed by atoms with van der Waals surface area (Å²) in [7, 11) is 1.61. The van der Waals surface area contributed by atoms with E-state index in [2.05, 4.69) is 4.99 Å². The number of thioether (sulfide) groups is 1. The maximum Gasteiger partial charge on any atom is 0.159 e. The Bertz CT molecular complexity index is 317. The average Bonchev–Trinajstić information content (AvgIpc) is 2.18. The van der Waals surface area contributed by atoms with Gasteiger partial charge in [-0.15, -0.1) is 24.0 Å². The highest BCUT2D eigenvalue weighted by molar-refractivity contribution is 14.0. The van der Waals surface area contributed by atoms with E-state index in [1.54, 1.807) is 7.11 Å². The quantitative estimate of drug-likeness (QED) is 0.517. The van der Waals surface area contributed by atoms with E-state index < -0.39 is 0 Å². The zero-order valence-corrected chi connectivity index (χ0v) is 11.2. The van der Waals surface area contributed by atoms with Gasteiger partial charge in [-0.05, 0) is 18.4 Å². The number of amidine groups is 1. The summed E-state index contributed by atoms with van der Waals surface area (Å²) in [6.07, 6.45) is 1.88. The third kappa shape index (κ3) is 3.75. The first-order valence-electron chi connectivity index (χ1n) is 3.79. The molecule has 0 aromatic heterocycles. The van der Waals surface area contributed by atoms with Crippen molar-refractivity contribution in [3.8, 4) is 5.75 Å². The second-order valence-electron chi connectivity index (χ2n) is 2.33. The highest BCUT2D eigenvalue weighted by Gasteiger charge is 1.99. The summed E-state index contributed by atoms with van der Waals surface area (Å²) < 4.78 is 5.12. The van der Waals surface area contributed by atoms with Crippen LogP contribution in [-0.4, -0.2) is 18.5 Å². The molecule has 0 bridgehead atoms. The van der Waals surface area contributed by atoms with Crippen molar-refractivity contribution in [1.29, 1.82) is 0 Å². The SMILES string of the molecule is COc1ccccc1N=C(N)SC.I. The molecule has 14 heavy (non-hydrogen) atoms. The van der Waals surface area contributed by atoms with Crippen LogP contribution in [0.25, 0.3) is 0 Å². The summed E-state index contributed by atoms with van der Waals surface area (Å²) in [4.78, 5) is 4.18. The summed E-state index contributed by atoms with van der Waals surface area (Å²) in [5, 5.41) is 0.532. The number of ether oxygens (including phenoxy) is 1. The Morgan fingerprint density at radius 2 is 2.07 bits per heavy atom. The zero-order chi connectivity index (χ0) is 9.68. The number of nitrogens with zero attached hydrogens (tertiary/aromatic N) is 1. The molecule has 5 heteroatoms. The second-order valence-corrected chi connectivity index (χ2v) is 3.15. The van der Waals surface area contributed by atoms with Crippen molar-refractivity contribution in [1.82, 2.24) is 0 Å². The lowest BCUT2D eigenvalue weighted by Crippen LogP contribution is -2.04. The van der Waals surface area contributed by atoms with Gasteiger partial charge >= 0.3 is 0 Å². The minimum Gasteiger partial charge on any atom is -0.494 e. The van der Waals surface area contributed by atoms with Crippen molar-refractivity contribution in [3.63, 3.8) is 0 Å². The molecule has 1 aromatic rings. The average molecular weight is 324 g/mol. The highest BCUT2D eigenvalue weighted by atomic mass is 127. The minimum atomic E-state index is 0. The fourth-order valence-corrected chi connectivity index (χ4v) is 1.08. The van der Waals surface area contributed by atoms with E-state index in [0.717, 1.165) is 11.4 Å². The summed E-state index contributed by atoms with van der Waals surface area (Å²) in [5.41, 5.74) is 6.35. The van der Waals surface area contributed by atoms with E-state index >= 15 is 0 Å². The first-order valence-corrected chi connectivity index (χ1v) is 5.01. The largest absolute Gasteiger partial charge is 0.494 e. The van der Waals surface area contributed by atoms with Gasteiger partial charge in [-0.2, -0.15) is 0 Å². The number of methoxy groups -OCH3 is 1. The van der Waals surface area contributed by atoms with Crippen LogP contribution in [0.1, 0.15) is 0 Å². The van der Waals surface area contributed by atoms with Gasteiger partial charge in [0.1, 0.15) is 11.4 Å². The van der Waals surface area contributed by atoms with E-state index in [1.807, 2.05) is 30.5 Å². The molecule has 0 heterocycles. The predicted octanol–water partition coefficient (Wildman–Crippen LogP) is 2.62. The van der Waals surface area contributed by atoms with Crippen LogP contribution in [0.5, 0.6) is 5.75 Å². The van der Waals surface area contributed by atoms with Gasteiger partial charge in [0.2, 0.25) is 0 Å². The van der Waals surface area contributed by atoms with E-state index in [9.17, 15) is 0 Å². The molecule has 78 valence electrons. The summed E-state index contributed by atoms with van der Waals surface area (Å²) in [5.74, 6) is 0.736. The lowest BCUT2D eigenvalue weighted by Gasteiger charge is -2.03. The molecule has 0 aliphatic carbocycles. The van der Waals surface area contributed by atoms with E-state index in [-0.39, 0.29) is 24.0 Å². The molecule has 0 aliphatic heterocycles. The second kappa shape index (κ2) is 6.94. The molecule has 0 saturated carbocycles. The number of benzene rings is 1. The van der Waals surface area contributed by atoms with Crippen molar-refractivity contribution in [3.05, 3.63) is 24.3 Å². The number of halogens is 1. The number of para-hydroxylation sites is 2. The highest BCUT2D eigenvalue weighted by Crippen LogP contribution is 2.26. The maximum atomic E-state index is 5.59. The van der Waals surface area contributed by atoms with Crippen LogP contribution in [0.4, 0.5) is 5.69 Å². The van der Waals surface area contributed by atoms with Gasteiger partial charge in [-0.3, -0.25) is 0 Å². The molecule has 0 unspecified atom stereocenters. The van der Waals surface area contributed by atoms with Crippen molar-refractivity contribution in [2.75, 3.05) is 13.4 Å². The lowest BCUT2D eigenvalue weighted by atomic mass is 10.3. The molecule has 0 fully saturated rings. The Labute approximate surface area is 105 Å². The van der Waals surface area contributed by atoms with Crippen LogP contribution in [0.15, 0.2) is 29.3 Å². The molecule has 3 nitrogen and oxygen atoms in total. The van der Waals surface area contributed by atoms with E-state index in [1.165, 1.54) is 11.8 Å². The third-order valence-corrected chi connectivity index (χ3v) is 2.03. The molecule has 1 aromatic carbocycles. The standard InChI is InChI=1S/C9H12N2OS.HI/c1-12-8-6-4-3-5-7(8)11-9(10)13-2;/h3-6H,1-2H3,(H2,10,11);1H. The van der Waals surface area contributed by atoms with Crippen molar-refractivity contribution in [2.45, 2.75) is 0 Å². The van der Waals surface area contributed by atoms with E-state index in [4.69, 9.17) is 10.5 Å². The van der Waals surface area contributed by atoms with Crippen LogP contribution < -0.4 is 10.5 Å². The first-order chi connectivity index (χ1) is 6.27. The fourth-order valence-electron chi connectivity index (χ4n) is 0.887. The van der Waals surface area contributed by atoms with Crippen LogP contribution >= 0.6 is 35.7 Å². The molecule has 0 spiro atoms. The van der Waals surface area contributed by atoms with Gasteiger partial charge in [-0.25, -0.2) is 4.99 Å². The van der Waals surface area contributed by atoms with Crippen molar-refractivity contribution in [2.24, 2.45) is 10.7 Å². The number of nitrogens with two attached hydrogens (primary N) is 1. The number of aliphatic imine (C=N–C) groups is 1. The Balaban J connectivity index is 0.00000169. The van der Waals surface area contributed by atoms with Crippen LogP contribution in [-0.2, 0) is 0 Å². The minimum absolute atomic E-state index is 0. The maximum absolute atomic E-state index is 5.59. The van der Waals surface area contributed by atoms with Gasteiger partial charge in [0.05, 0.1) is 7.11 Å². The molecule has 2 N–H and O–H groups in total. The van der Waals surface area contributed by atoms with Gasteiger partial charge in [0.15, 0.2) is 5.17 Å². The molecule has 0 saturated heterocycles. The van der Waals surface area contributed by atoms with Crippen LogP contribution in [0.3, 0.4) is 0 Å². The van der Waals surface area contributed by atoms with Gasteiger partial charge in [0, 0.05) is 0 Å². The number of hydrogen-bond acceptors (Lipinski definition) is 3. The lowest BCUT2D eigenvalue weighted by molar-refractivity contribution is 0.416. The summed E-state index contributed by atoms with van der Waals surface area (Å²) >= 11 is 1.41. The number of hydrogen-bond donors (Lipinski definition) is 1. The molecule has 0 atom stereocenters. The van der Waals surface area contributed by atoms with Gasteiger partial charge < -0.3 is 10.5 Å². The molecular formula is C9H13IN2OS. The molecular weight excluding hydrogens is 311 g/mol. The molecule has 0 amide bonds. The zero-order valence-electron chi connectivity index (χ0n) is 8.06. The van der Waals surface area contributed by atoms with Gasteiger partial charge in [0.25, 0.3) is 0 Å². The van der Waals surface area contributed by atoms with Crippen molar-refractivity contribution >= 4 is 46.6 Å². The smallest absolute Gasteiger partial charge is 0.159 e. The monoisotopic (exact) mass is 324 g/mol. The number of rotatable bonds is 2. The molecule has 1 rings (SSSR count). The molecule has 0 aliphatic rings. The fraction of sp³-hybridized carbons (Fsp3) is 0.222. The Kier molecular flexibility index (Phi) is 6.73. The van der Waals surface area contributed by atoms with Crippen LogP contribution in [0.2, 0.25) is 0 Å². The first kappa shape index (κ1) is 13.6. The van der Waals surface area contributed by atoms with Gasteiger partial charge in [-0.1, -0.05) is 23.9 Å². The van der Waals surface area contributed by atoms with Crippen LogP contribution in [0, 0.1) is 0 Å². The third-order valence-electron chi connectivity index (χ3n) is 1.52. The topological polar surface area (TPSA) is 47.6 Å². The Hall–Kier alpha value is -0.430. The van der Waals surface area contributed by atoms with E-state index in [0.29, 0.717) is 5.17 Å². The summed E-state index contributed by atoms with van der Waals surface area (Å²) in [6, 6.07) is 7.51. The molecule has 0 radical (unpaired) electrons. The Morgan fingerprint density at radius 1 is 1.43 bits per heavy atom. The predicted molar refractivity (Wildman–Crippen MR) is 73.2 cm³/mol. The summed E-state index contributed by atoms with van der Waals surface area (Å²) in [6.45, 7) is 0. The van der Waals surface area contributed by atoms with Crippen molar-refractivity contribution < 1.29 is 4.74 Å². The Morgan fingerprint density at radius 3 is 2.64 bits per heavy atom.